The van der Waals surface area contributed by atoms with Gasteiger partial charge in [0.2, 0.25) is 0 Å². The Labute approximate surface area is 669 Å². The molecule has 8 heteroatoms. The van der Waals surface area contributed by atoms with Crippen LogP contribution in [0.25, 0.3) is 186 Å². The molecule has 0 N–H and O–H groups in total. The van der Waals surface area contributed by atoms with Crippen molar-refractivity contribution in [3.63, 3.8) is 0 Å². The Hall–Kier alpha value is -13.3. The van der Waals surface area contributed by atoms with E-state index in [2.05, 4.69) is 450 Å². The van der Waals surface area contributed by atoms with Crippen LogP contribution in [0.4, 0.5) is 0 Å². The Morgan fingerprint density at radius 2 is 0.553 bits per heavy atom. The summed E-state index contributed by atoms with van der Waals surface area (Å²) in [4.78, 5) is 0. The van der Waals surface area contributed by atoms with Gasteiger partial charge >= 0.3 is 7.12 Å². The van der Waals surface area contributed by atoms with Crippen LogP contribution >= 0.6 is 15.9 Å². The van der Waals surface area contributed by atoms with Crippen LogP contribution in [-0.4, -0.2) is 36.6 Å². The molecule has 1 fully saturated rings. The smallest absolute Gasteiger partial charge is 0.399 e. The molecule has 0 radical (unpaired) electrons. The van der Waals surface area contributed by atoms with Crippen molar-refractivity contribution >= 4 is 159 Å². The number of aromatic nitrogens is 4. The highest BCUT2D eigenvalue weighted by molar-refractivity contribution is 9.10. The van der Waals surface area contributed by atoms with E-state index in [-0.39, 0.29) is 18.3 Å². The third-order valence-electron chi connectivity index (χ3n) is 24.0. The lowest BCUT2D eigenvalue weighted by molar-refractivity contribution is 0.00578. The normalized spacial score (nSPS) is 13.4. The van der Waals surface area contributed by atoms with Crippen molar-refractivity contribution < 1.29 is 9.31 Å². The maximum atomic E-state index is 6.29. The van der Waals surface area contributed by atoms with E-state index >= 15 is 0 Å². The molecule has 0 atom stereocenters. The number of fused-ring (bicyclic) bond motifs is 22. The zero-order valence-corrected chi connectivity index (χ0v) is 65.1. The van der Waals surface area contributed by atoms with Crippen molar-refractivity contribution in [2.75, 3.05) is 0 Å². The van der Waals surface area contributed by atoms with E-state index in [0.29, 0.717) is 0 Å². The van der Waals surface area contributed by atoms with Crippen LogP contribution < -0.4 is 5.46 Å². The lowest BCUT2D eigenvalue weighted by Crippen LogP contribution is -2.41. The highest BCUT2D eigenvalue weighted by atomic mass is 79.9. The van der Waals surface area contributed by atoms with E-state index < -0.39 is 0 Å². The van der Waals surface area contributed by atoms with E-state index in [9.17, 15) is 0 Å². The van der Waals surface area contributed by atoms with Crippen LogP contribution in [0, 0.1) is 0 Å². The SMILES string of the molecule is Brc1ccc2c(c1)c1ccc3ccn(-c4ccccc4)c3c1n2-c1ccccc1.CC1(C)OB(c2cccc(-c3ccc4c5ccccc5c5ccccc5c4c3)c2)OC1(C)C.c1ccc(-n2ccc3ccc4c5cc(-c6cccc(-c7ccc8c9ccccc9c9ccccc9c8c7)c6)ccc5n(-c5ccccc5)c4c32)cc1. The van der Waals surface area contributed by atoms with Gasteiger partial charge in [-0.3, -0.25) is 0 Å². The quantitative estimate of drug-likeness (QED) is 0.112. The van der Waals surface area contributed by atoms with Gasteiger partial charge in [-0.2, -0.15) is 0 Å². The van der Waals surface area contributed by atoms with Gasteiger partial charge < -0.3 is 27.6 Å². The van der Waals surface area contributed by atoms with E-state index in [1.54, 1.807) is 0 Å². The number of benzene rings is 18. The summed E-state index contributed by atoms with van der Waals surface area (Å²) in [5, 5.41) is 23.0. The summed E-state index contributed by atoms with van der Waals surface area (Å²) in [6, 6.07) is 136. The summed E-state index contributed by atoms with van der Waals surface area (Å²) < 4.78 is 23.1. The highest BCUT2D eigenvalue weighted by Crippen LogP contribution is 2.45. The second kappa shape index (κ2) is 27.5. The molecule has 22 aromatic rings. The Morgan fingerprint density at radius 1 is 0.237 bits per heavy atom. The standard InChI is InChI=1S/C50H32N2.C30H27BO2.C26H17BrN2/c1-3-14-38(15-4-1)51-29-28-33-22-26-45-47-32-37(24-27-48(47)52(50(45)49(33)51)39-16-5-2-6-17-39)35-13-11-12-34(30-35)36-23-25-44-42-20-8-7-18-40(42)41-19-9-10-21-43(41)46(44)31-36;1-29(2)30(3,4)33-31(32-29)22-11-9-10-20(18-22)21-16-17-27-25-14-6-5-12-23(25)24-13-7-8-15-26(24)28(27)19-21;27-19-12-14-24-23(17-19)22-13-11-18-15-16-28(20-7-3-1-4-8-20)25(18)26(22)29(24)21-9-5-2-6-10-21/h1-32H;5-19H,1-4H3;1-17H. The summed E-state index contributed by atoms with van der Waals surface area (Å²) in [5.74, 6) is 0. The summed E-state index contributed by atoms with van der Waals surface area (Å²) in [6.07, 6.45) is 4.36. The highest BCUT2D eigenvalue weighted by Gasteiger charge is 2.51. The Bertz CT molecular complexity index is 7480. The molecular weight excluding hydrogens is 1450 g/mol. The number of hydrogen-bond acceptors (Lipinski definition) is 2. The molecule has 6 nitrogen and oxygen atoms in total. The number of hydrogen-bond donors (Lipinski definition) is 0. The Balaban J connectivity index is 0.000000114. The van der Waals surface area contributed by atoms with Crippen LogP contribution in [0.1, 0.15) is 27.7 Å². The molecule has 1 saturated heterocycles. The molecule has 0 bridgehead atoms. The molecule has 0 amide bonds. The molecule has 1 aliphatic heterocycles. The van der Waals surface area contributed by atoms with Crippen LogP contribution in [0.15, 0.2) is 393 Å². The minimum atomic E-state index is -0.361. The summed E-state index contributed by atoms with van der Waals surface area (Å²) in [7, 11) is -0.361. The van der Waals surface area contributed by atoms with Crippen LogP contribution in [0.2, 0.25) is 0 Å². The van der Waals surface area contributed by atoms with E-state index in [4.69, 9.17) is 9.31 Å². The maximum absolute atomic E-state index is 6.29. The van der Waals surface area contributed by atoms with Crippen molar-refractivity contribution in [1.82, 2.24) is 18.3 Å². The van der Waals surface area contributed by atoms with Crippen molar-refractivity contribution in [2.24, 2.45) is 0 Å². The van der Waals surface area contributed by atoms with E-state index in [1.807, 2.05) is 0 Å². The van der Waals surface area contributed by atoms with E-state index in [1.165, 1.54) is 175 Å². The minimum Gasteiger partial charge on any atom is -0.399 e. The number of para-hydroxylation sites is 4. The van der Waals surface area contributed by atoms with Gasteiger partial charge in [0.25, 0.3) is 0 Å². The van der Waals surface area contributed by atoms with Gasteiger partial charge in [-0.15, -0.1) is 0 Å². The topological polar surface area (TPSA) is 38.2 Å². The first-order chi connectivity index (χ1) is 55.9. The number of nitrogens with zero attached hydrogens (tertiary/aromatic N) is 4. The van der Waals surface area contributed by atoms with Crippen LogP contribution in [0.5, 0.6) is 0 Å². The monoisotopic (exact) mass is 1530 g/mol. The predicted molar refractivity (Wildman–Crippen MR) is 486 cm³/mol. The molecule has 5 heterocycles. The molecule has 114 heavy (non-hydrogen) atoms. The molecule has 4 aromatic heterocycles. The second-order valence-corrected chi connectivity index (χ2v) is 32.0. The van der Waals surface area contributed by atoms with E-state index in [0.717, 1.165) is 21.3 Å². The molecule has 0 saturated carbocycles. The van der Waals surface area contributed by atoms with Crippen LogP contribution in [0.3, 0.4) is 0 Å². The first kappa shape index (κ1) is 68.7. The summed E-state index contributed by atoms with van der Waals surface area (Å²) >= 11 is 3.66. The molecule has 0 aliphatic carbocycles. The lowest BCUT2D eigenvalue weighted by atomic mass is 9.78. The predicted octanol–water partition coefficient (Wildman–Crippen LogP) is 28.1. The van der Waals surface area contributed by atoms with Crippen molar-refractivity contribution in [2.45, 2.75) is 38.9 Å². The molecule has 0 spiro atoms. The van der Waals surface area contributed by atoms with Crippen LogP contribution in [-0.2, 0) is 9.31 Å². The fourth-order valence-electron chi connectivity index (χ4n) is 17.8. The second-order valence-electron chi connectivity index (χ2n) is 31.1. The van der Waals surface area contributed by atoms with Gasteiger partial charge in [0.1, 0.15) is 0 Å². The molecular formula is C106H76BBrN4O2. The zero-order chi connectivity index (χ0) is 76.3. The average molecular weight is 1530 g/mol. The molecule has 23 rings (SSSR count). The van der Waals surface area contributed by atoms with Gasteiger partial charge in [0, 0.05) is 71.9 Å². The maximum Gasteiger partial charge on any atom is 0.494 e. The Morgan fingerprint density at radius 3 is 0.974 bits per heavy atom. The van der Waals surface area contributed by atoms with Crippen molar-refractivity contribution in [3.05, 3.63) is 393 Å². The number of halogens is 1. The van der Waals surface area contributed by atoms with Crippen molar-refractivity contribution in [3.8, 4) is 56.1 Å². The van der Waals surface area contributed by atoms with Gasteiger partial charge in [-0.05, 0) is 240 Å². The molecule has 1 aliphatic rings. The fourth-order valence-corrected chi connectivity index (χ4v) is 18.2. The summed E-state index contributed by atoms with van der Waals surface area (Å²) in [6.45, 7) is 8.37. The third kappa shape index (κ3) is 11.5. The van der Waals surface area contributed by atoms with Crippen molar-refractivity contribution in [1.29, 1.82) is 0 Å². The first-order valence-electron chi connectivity index (χ1n) is 39.2. The lowest BCUT2D eigenvalue weighted by Gasteiger charge is -2.32. The summed E-state index contributed by atoms with van der Waals surface area (Å²) in [5.41, 5.74) is 19.5. The molecule has 0 unspecified atom stereocenters. The van der Waals surface area contributed by atoms with Gasteiger partial charge in [0.05, 0.1) is 44.3 Å². The Kier molecular flexibility index (Phi) is 16.6. The zero-order valence-electron chi connectivity index (χ0n) is 63.5. The first-order valence-corrected chi connectivity index (χ1v) is 40.0. The number of rotatable bonds is 8. The fraction of sp³-hybridized carbons (Fsp3) is 0.0566. The largest absolute Gasteiger partial charge is 0.494 e. The minimum absolute atomic E-state index is 0.351. The van der Waals surface area contributed by atoms with Gasteiger partial charge in [-0.25, -0.2) is 0 Å². The molecule has 542 valence electrons. The van der Waals surface area contributed by atoms with Gasteiger partial charge in [-0.1, -0.05) is 283 Å². The van der Waals surface area contributed by atoms with Gasteiger partial charge in [0.15, 0.2) is 0 Å². The average Bonchev–Trinajstić information content (AvgIpc) is 1.67. The third-order valence-corrected chi connectivity index (χ3v) is 24.5. The molecule has 18 aromatic carbocycles.